The van der Waals surface area contributed by atoms with E-state index in [1.54, 1.807) is 17.2 Å². The van der Waals surface area contributed by atoms with E-state index in [1.807, 2.05) is 44.4 Å². The molecule has 3 aromatic heterocycles. The molecule has 4 heterocycles. The van der Waals surface area contributed by atoms with Crippen molar-refractivity contribution in [2.24, 2.45) is 0 Å². The first-order valence-corrected chi connectivity index (χ1v) is 10.5. The Morgan fingerprint density at radius 3 is 2.90 bits per heavy atom. The second kappa shape index (κ2) is 6.53. The lowest BCUT2D eigenvalue weighted by molar-refractivity contribution is -0.122. The van der Waals surface area contributed by atoms with E-state index in [0.717, 1.165) is 22.3 Å². The third kappa shape index (κ3) is 2.66. The van der Waals surface area contributed by atoms with Crippen LogP contribution in [0.1, 0.15) is 36.0 Å². The number of thiophene rings is 1. The van der Waals surface area contributed by atoms with Gasteiger partial charge in [0.2, 0.25) is 5.91 Å². The van der Waals surface area contributed by atoms with Crippen molar-refractivity contribution >= 4 is 45.6 Å². The predicted molar refractivity (Wildman–Crippen MR) is 117 cm³/mol. The van der Waals surface area contributed by atoms with E-state index in [9.17, 15) is 9.59 Å². The summed E-state index contributed by atoms with van der Waals surface area (Å²) in [5.74, 6) is 0.448. The summed E-state index contributed by atoms with van der Waals surface area (Å²) in [5, 5.41) is 11.8. The van der Waals surface area contributed by atoms with Crippen LogP contribution in [-0.4, -0.2) is 38.5 Å². The molecule has 0 atom stereocenters. The van der Waals surface area contributed by atoms with Gasteiger partial charge in [-0.25, -0.2) is 4.98 Å². The zero-order chi connectivity index (χ0) is 21.0. The van der Waals surface area contributed by atoms with Gasteiger partial charge in [-0.05, 0) is 49.9 Å². The van der Waals surface area contributed by atoms with E-state index in [-0.39, 0.29) is 11.8 Å². The largest absolute Gasteiger partial charge is 0.337 e. The number of aromatic nitrogens is 4. The Kier molecular flexibility index (Phi) is 4.04. The summed E-state index contributed by atoms with van der Waals surface area (Å²) in [5.41, 5.74) is 3.92. The quantitative estimate of drug-likeness (QED) is 0.465. The average Bonchev–Trinajstić information content (AvgIpc) is 3.48. The van der Waals surface area contributed by atoms with E-state index < -0.39 is 5.41 Å². The molecule has 0 radical (unpaired) electrons. The molecule has 1 aliphatic heterocycles. The molecule has 3 N–H and O–H groups in total. The van der Waals surface area contributed by atoms with Crippen LogP contribution in [0.2, 0.25) is 0 Å². The van der Waals surface area contributed by atoms with Crippen LogP contribution in [0.4, 0.5) is 11.4 Å². The van der Waals surface area contributed by atoms with Crippen molar-refractivity contribution in [3.05, 3.63) is 46.3 Å². The van der Waals surface area contributed by atoms with Gasteiger partial charge in [-0.2, -0.15) is 5.10 Å². The molecule has 0 aliphatic carbocycles. The number of benzene rings is 1. The highest BCUT2D eigenvalue weighted by molar-refractivity contribution is 7.12. The van der Waals surface area contributed by atoms with Gasteiger partial charge in [-0.1, -0.05) is 6.07 Å². The van der Waals surface area contributed by atoms with Crippen LogP contribution in [0.5, 0.6) is 0 Å². The molecule has 152 valence electrons. The summed E-state index contributed by atoms with van der Waals surface area (Å²) in [6.07, 6.45) is 1.63. The molecule has 9 heteroatoms. The molecule has 4 aromatic rings. The minimum atomic E-state index is -0.586. The molecule has 0 spiro atoms. The van der Waals surface area contributed by atoms with Crippen molar-refractivity contribution in [2.45, 2.75) is 26.2 Å². The number of hydrogen-bond donors (Lipinski definition) is 3. The van der Waals surface area contributed by atoms with Gasteiger partial charge in [0.1, 0.15) is 0 Å². The lowest BCUT2D eigenvalue weighted by atomic mass is 9.86. The van der Waals surface area contributed by atoms with Crippen LogP contribution in [0.3, 0.4) is 0 Å². The number of carbonyl (C=O) groups excluding carboxylic acids is 2. The van der Waals surface area contributed by atoms with Crippen molar-refractivity contribution in [1.29, 1.82) is 0 Å². The Hall–Kier alpha value is -3.46. The number of H-pyrrole nitrogens is 2. The van der Waals surface area contributed by atoms with Gasteiger partial charge in [0.25, 0.3) is 5.91 Å². The summed E-state index contributed by atoms with van der Waals surface area (Å²) < 4.78 is 0. The van der Waals surface area contributed by atoms with Crippen molar-refractivity contribution in [1.82, 2.24) is 20.2 Å². The van der Waals surface area contributed by atoms with Crippen molar-refractivity contribution in [2.75, 3.05) is 16.8 Å². The number of aromatic amines is 2. The standard InChI is InChI=1S/C21H20N6O2S/c1-4-27-15-9-13-12(8-11(15)21(2,3)20(27)29)23-18(24-13)17-14(10-22-26-17)25-19(28)16-6-5-7-30-16/h5-10H,4H2,1-3H3,(H,22,26)(H,23,24)(H,25,28). The Labute approximate surface area is 176 Å². The van der Waals surface area contributed by atoms with E-state index >= 15 is 0 Å². The molecule has 0 saturated heterocycles. The van der Waals surface area contributed by atoms with E-state index in [4.69, 9.17) is 0 Å². The Balaban J connectivity index is 1.55. The maximum absolute atomic E-state index is 12.8. The number of amides is 2. The highest BCUT2D eigenvalue weighted by Crippen LogP contribution is 2.43. The normalized spacial score (nSPS) is 15.0. The van der Waals surface area contributed by atoms with Crippen LogP contribution in [0.15, 0.2) is 35.8 Å². The summed E-state index contributed by atoms with van der Waals surface area (Å²) in [6.45, 7) is 6.46. The third-order valence-corrected chi connectivity index (χ3v) is 6.39. The van der Waals surface area contributed by atoms with Crippen LogP contribution in [0.25, 0.3) is 22.6 Å². The minimum Gasteiger partial charge on any atom is -0.337 e. The van der Waals surface area contributed by atoms with Crippen molar-refractivity contribution in [3.8, 4) is 11.5 Å². The first-order chi connectivity index (χ1) is 14.4. The molecule has 5 rings (SSSR count). The van der Waals surface area contributed by atoms with Gasteiger partial charge < -0.3 is 15.2 Å². The monoisotopic (exact) mass is 420 g/mol. The first kappa shape index (κ1) is 18.6. The highest BCUT2D eigenvalue weighted by Gasteiger charge is 2.43. The molecule has 0 fully saturated rings. The molecule has 2 amide bonds. The fourth-order valence-corrected chi connectivity index (χ4v) is 4.53. The number of rotatable bonds is 4. The average molecular weight is 420 g/mol. The lowest BCUT2D eigenvalue weighted by Crippen LogP contribution is -2.35. The van der Waals surface area contributed by atoms with E-state index in [0.29, 0.717) is 28.6 Å². The van der Waals surface area contributed by atoms with Gasteiger partial charge >= 0.3 is 0 Å². The van der Waals surface area contributed by atoms with Crippen LogP contribution < -0.4 is 10.2 Å². The van der Waals surface area contributed by atoms with E-state index in [2.05, 4.69) is 25.5 Å². The SMILES string of the molecule is CCN1C(=O)C(C)(C)c2cc3[nH]c(-c4n[nH]cc4NC(=O)c4cccs4)nc3cc21. The third-order valence-electron chi connectivity index (χ3n) is 5.52. The fourth-order valence-electron chi connectivity index (χ4n) is 3.92. The van der Waals surface area contributed by atoms with Gasteiger partial charge in [0.15, 0.2) is 11.5 Å². The van der Waals surface area contributed by atoms with Crippen LogP contribution >= 0.6 is 11.3 Å². The molecule has 0 saturated carbocycles. The van der Waals surface area contributed by atoms with E-state index in [1.165, 1.54) is 11.3 Å². The summed E-state index contributed by atoms with van der Waals surface area (Å²) in [6, 6.07) is 7.54. The lowest BCUT2D eigenvalue weighted by Gasteiger charge is -2.18. The molecule has 0 unspecified atom stereocenters. The highest BCUT2D eigenvalue weighted by atomic mass is 32.1. The fraction of sp³-hybridized carbons (Fsp3) is 0.238. The smallest absolute Gasteiger partial charge is 0.265 e. The number of nitrogens with zero attached hydrogens (tertiary/aromatic N) is 3. The van der Waals surface area contributed by atoms with Crippen molar-refractivity contribution < 1.29 is 9.59 Å². The number of nitrogens with one attached hydrogen (secondary N) is 3. The minimum absolute atomic E-state index is 0.0961. The Morgan fingerprint density at radius 1 is 1.33 bits per heavy atom. The predicted octanol–water partition coefficient (Wildman–Crippen LogP) is 3.91. The Morgan fingerprint density at radius 2 is 2.17 bits per heavy atom. The number of hydrogen-bond acceptors (Lipinski definition) is 5. The number of fused-ring (bicyclic) bond motifs is 2. The number of anilines is 2. The second-order valence-electron chi connectivity index (χ2n) is 7.73. The molecule has 8 nitrogen and oxygen atoms in total. The zero-order valence-electron chi connectivity index (χ0n) is 16.7. The maximum Gasteiger partial charge on any atom is 0.265 e. The summed E-state index contributed by atoms with van der Waals surface area (Å²) >= 11 is 1.37. The molecule has 30 heavy (non-hydrogen) atoms. The maximum atomic E-state index is 12.8. The van der Waals surface area contributed by atoms with Gasteiger partial charge in [0, 0.05) is 12.7 Å². The molecular weight excluding hydrogens is 400 g/mol. The molecule has 1 aliphatic rings. The zero-order valence-corrected chi connectivity index (χ0v) is 17.6. The Bertz CT molecular complexity index is 1280. The number of likely N-dealkylation sites (N-methyl/N-ethyl adjacent to an activating group) is 1. The summed E-state index contributed by atoms with van der Waals surface area (Å²) in [7, 11) is 0. The second-order valence-corrected chi connectivity index (χ2v) is 8.67. The van der Waals surface area contributed by atoms with Crippen LogP contribution in [0, 0.1) is 0 Å². The van der Waals surface area contributed by atoms with Crippen LogP contribution in [-0.2, 0) is 10.2 Å². The number of carbonyl (C=O) groups is 2. The molecule has 1 aromatic carbocycles. The van der Waals surface area contributed by atoms with Gasteiger partial charge in [-0.3, -0.25) is 14.7 Å². The van der Waals surface area contributed by atoms with Gasteiger partial charge in [-0.15, -0.1) is 11.3 Å². The summed E-state index contributed by atoms with van der Waals surface area (Å²) in [4.78, 5) is 35.6. The topological polar surface area (TPSA) is 107 Å². The van der Waals surface area contributed by atoms with Gasteiger partial charge in [0.05, 0.1) is 32.7 Å². The number of imidazole rings is 1. The molecule has 0 bridgehead atoms. The molecular formula is C21H20N6O2S. The van der Waals surface area contributed by atoms with Crippen molar-refractivity contribution in [3.63, 3.8) is 0 Å². The first-order valence-electron chi connectivity index (χ1n) is 9.65.